The van der Waals surface area contributed by atoms with Gasteiger partial charge in [0, 0.05) is 18.2 Å². The van der Waals surface area contributed by atoms with Gasteiger partial charge >= 0.3 is 0 Å². The van der Waals surface area contributed by atoms with Gasteiger partial charge in [0.05, 0.1) is 5.69 Å². The smallest absolute Gasteiger partial charge is 0.223 e. The molecule has 1 aromatic heterocycles. The lowest BCUT2D eigenvalue weighted by Gasteiger charge is -2.09. The number of nitrogens with zero attached hydrogens (tertiary/aromatic N) is 2. The van der Waals surface area contributed by atoms with Crippen LogP contribution in [0.5, 0.6) is 0 Å². The number of nitrogens with one attached hydrogen (secondary N) is 2. The molecule has 0 unspecified atom stereocenters. The molecular weight excluding hydrogens is 261 g/mol. The third kappa shape index (κ3) is 2.83. The van der Waals surface area contributed by atoms with Crippen molar-refractivity contribution in [2.45, 2.75) is 0 Å². The molecule has 6 nitrogen and oxygen atoms in total. The van der Waals surface area contributed by atoms with Crippen molar-refractivity contribution in [3.05, 3.63) is 35.7 Å². The summed E-state index contributed by atoms with van der Waals surface area (Å²) in [6, 6.07) is 2.40. The second-order valence-corrected chi connectivity index (χ2v) is 3.51. The maximum absolute atomic E-state index is 13.4. The van der Waals surface area contributed by atoms with E-state index in [4.69, 9.17) is 11.6 Å². The first-order valence-electron chi connectivity index (χ1n) is 5.02. The van der Waals surface area contributed by atoms with Crippen LogP contribution in [0, 0.1) is 17.5 Å². The van der Waals surface area contributed by atoms with Gasteiger partial charge in [-0.15, -0.1) is 0 Å². The average molecular weight is 270 g/mol. The number of rotatable bonds is 3. The SMILES string of the molecule is NNc1cc(Nc2cc(F)c(F)cc2F)nc(N)n1. The number of aromatic nitrogens is 2. The van der Waals surface area contributed by atoms with Gasteiger partial charge < -0.3 is 16.5 Å². The highest BCUT2D eigenvalue weighted by molar-refractivity contribution is 5.61. The zero-order valence-electron chi connectivity index (χ0n) is 9.42. The largest absolute Gasteiger partial charge is 0.368 e. The summed E-state index contributed by atoms with van der Waals surface area (Å²) in [5.41, 5.74) is 7.33. The van der Waals surface area contributed by atoms with E-state index in [0.29, 0.717) is 12.1 Å². The first kappa shape index (κ1) is 12.9. The van der Waals surface area contributed by atoms with Gasteiger partial charge in [-0.2, -0.15) is 9.97 Å². The Hall–Kier alpha value is -2.55. The molecule has 1 aromatic carbocycles. The lowest BCUT2D eigenvalue weighted by molar-refractivity contribution is 0.496. The van der Waals surface area contributed by atoms with Gasteiger partial charge in [0.2, 0.25) is 5.95 Å². The predicted molar refractivity (Wildman–Crippen MR) is 63.9 cm³/mol. The Kier molecular flexibility index (Phi) is 3.38. The fourth-order valence-corrected chi connectivity index (χ4v) is 1.36. The standard InChI is InChI=1S/C10H9F3N6/c11-4-1-6(13)7(2-5(4)12)16-8-3-9(19-15)18-10(14)17-8/h1-3H,15H2,(H4,14,16,17,18,19). The molecule has 19 heavy (non-hydrogen) atoms. The van der Waals surface area contributed by atoms with Crippen molar-refractivity contribution in [2.75, 3.05) is 16.5 Å². The second-order valence-electron chi connectivity index (χ2n) is 3.51. The summed E-state index contributed by atoms with van der Waals surface area (Å²) in [5, 5.41) is 2.45. The van der Waals surface area contributed by atoms with E-state index < -0.39 is 17.5 Å². The van der Waals surface area contributed by atoms with E-state index in [1.807, 2.05) is 0 Å². The molecule has 0 atom stereocenters. The van der Waals surface area contributed by atoms with Crippen LogP contribution in [0.3, 0.4) is 0 Å². The van der Waals surface area contributed by atoms with Crippen molar-refractivity contribution >= 4 is 23.3 Å². The van der Waals surface area contributed by atoms with E-state index in [1.165, 1.54) is 6.07 Å². The van der Waals surface area contributed by atoms with Crippen molar-refractivity contribution < 1.29 is 13.2 Å². The Labute approximate surface area is 105 Å². The monoisotopic (exact) mass is 270 g/mol. The van der Waals surface area contributed by atoms with Crippen LogP contribution in [0.1, 0.15) is 0 Å². The van der Waals surface area contributed by atoms with Crippen molar-refractivity contribution in [1.82, 2.24) is 9.97 Å². The van der Waals surface area contributed by atoms with Crippen LogP contribution in [0.15, 0.2) is 18.2 Å². The van der Waals surface area contributed by atoms with Gasteiger partial charge in [-0.1, -0.05) is 0 Å². The number of nitrogens with two attached hydrogens (primary N) is 2. The summed E-state index contributed by atoms with van der Waals surface area (Å²) in [6.07, 6.45) is 0. The quantitative estimate of drug-likeness (QED) is 0.383. The van der Waals surface area contributed by atoms with E-state index in [-0.39, 0.29) is 23.3 Å². The maximum Gasteiger partial charge on any atom is 0.223 e. The van der Waals surface area contributed by atoms with Gasteiger partial charge in [-0.25, -0.2) is 19.0 Å². The topological polar surface area (TPSA) is 102 Å². The highest BCUT2D eigenvalue weighted by Gasteiger charge is 2.11. The Morgan fingerprint density at radius 2 is 1.53 bits per heavy atom. The van der Waals surface area contributed by atoms with Crippen LogP contribution in [0.4, 0.5) is 36.4 Å². The average Bonchev–Trinajstić information content (AvgIpc) is 2.35. The van der Waals surface area contributed by atoms with Crippen molar-refractivity contribution in [3.63, 3.8) is 0 Å². The number of hydrogen-bond donors (Lipinski definition) is 4. The highest BCUT2D eigenvalue weighted by atomic mass is 19.2. The number of hydrogen-bond acceptors (Lipinski definition) is 6. The summed E-state index contributed by atoms with van der Waals surface area (Å²) < 4.78 is 39.2. The number of anilines is 4. The highest BCUT2D eigenvalue weighted by Crippen LogP contribution is 2.23. The first-order valence-corrected chi connectivity index (χ1v) is 5.02. The molecule has 2 aromatic rings. The van der Waals surface area contributed by atoms with E-state index in [0.717, 1.165) is 0 Å². The molecule has 0 bridgehead atoms. The Bertz CT molecular complexity index is 618. The number of benzene rings is 1. The van der Waals surface area contributed by atoms with Gasteiger partial charge in [-0.05, 0) is 0 Å². The summed E-state index contributed by atoms with van der Waals surface area (Å²) >= 11 is 0. The Balaban J connectivity index is 2.36. The van der Waals surface area contributed by atoms with Gasteiger partial charge in [0.1, 0.15) is 17.5 Å². The second kappa shape index (κ2) is 4.98. The van der Waals surface area contributed by atoms with Gasteiger partial charge in [0.25, 0.3) is 0 Å². The maximum atomic E-state index is 13.4. The fourth-order valence-electron chi connectivity index (χ4n) is 1.36. The van der Waals surface area contributed by atoms with Crippen LogP contribution in [0.2, 0.25) is 0 Å². The Morgan fingerprint density at radius 1 is 0.895 bits per heavy atom. The van der Waals surface area contributed by atoms with Crippen molar-refractivity contribution in [1.29, 1.82) is 0 Å². The molecule has 0 radical (unpaired) electrons. The van der Waals surface area contributed by atoms with Crippen LogP contribution < -0.4 is 22.3 Å². The van der Waals surface area contributed by atoms with Gasteiger partial charge in [0.15, 0.2) is 11.6 Å². The molecule has 100 valence electrons. The molecule has 0 spiro atoms. The zero-order chi connectivity index (χ0) is 14.0. The van der Waals surface area contributed by atoms with E-state index >= 15 is 0 Å². The zero-order valence-corrected chi connectivity index (χ0v) is 9.42. The molecule has 0 fully saturated rings. The molecule has 0 amide bonds. The summed E-state index contributed by atoms with van der Waals surface area (Å²) in [7, 11) is 0. The minimum atomic E-state index is -1.28. The minimum Gasteiger partial charge on any atom is -0.368 e. The summed E-state index contributed by atoms with van der Waals surface area (Å²) in [5.74, 6) is 1.83. The van der Waals surface area contributed by atoms with Crippen LogP contribution in [-0.4, -0.2) is 9.97 Å². The Morgan fingerprint density at radius 3 is 2.21 bits per heavy atom. The molecule has 9 heteroatoms. The normalized spacial score (nSPS) is 10.3. The molecular formula is C10H9F3N6. The lowest BCUT2D eigenvalue weighted by Crippen LogP contribution is -2.11. The molecule has 0 aliphatic heterocycles. The van der Waals surface area contributed by atoms with E-state index in [9.17, 15) is 13.2 Å². The molecule has 0 aliphatic carbocycles. The van der Waals surface area contributed by atoms with Crippen molar-refractivity contribution in [3.8, 4) is 0 Å². The molecule has 0 saturated carbocycles. The van der Waals surface area contributed by atoms with Crippen molar-refractivity contribution in [2.24, 2.45) is 5.84 Å². The molecule has 2 rings (SSSR count). The fraction of sp³-hybridized carbons (Fsp3) is 0. The van der Waals surface area contributed by atoms with Crippen LogP contribution in [0.25, 0.3) is 0 Å². The lowest BCUT2D eigenvalue weighted by atomic mass is 10.3. The minimum absolute atomic E-state index is 0.0744. The number of nitrogen functional groups attached to an aromatic ring is 2. The third-order valence-corrected chi connectivity index (χ3v) is 2.16. The predicted octanol–water partition coefficient (Wildman–Crippen LogP) is 1.51. The molecule has 0 aliphatic rings. The number of halogens is 3. The number of hydrazine groups is 1. The molecule has 6 N–H and O–H groups in total. The first-order chi connectivity index (χ1) is 8.99. The van der Waals surface area contributed by atoms with E-state index in [2.05, 4.69) is 20.7 Å². The summed E-state index contributed by atoms with van der Waals surface area (Å²) in [6.45, 7) is 0. The summed E-state index contributed by atoms with van der Waals surface area (Å²) in [4.78, 5) is 7.46. The third-order valence-electron chi connectivity index (χ3n) is 2.16. The molecule has 1 heterocycles. The van der Waals surface area contributed by atoms with Gasteiger partial charge in [-0.3, -0.25) is 0 Å². The molecule has 0 saturated heterocycles. The van der Waals surface area contributed by atoms with Crippen LogP contribution >= 0.6 is 0 Å². The van der Waals surface area contributed by atoms with E-state index in [1.54, 1.807) is 0 Å². The van der Waals surface area contributed by atoms with Crippen LogP contribution in [-0.2, 0) is 0 Å².